The van der Waals surface area contributed by atoms with Gasteiger partial charge in [0.2, 0.25) is 11.7 Å². The van der Waals surface area contributed by atoms with E-state index in [1.807, 2.05) is 6.92 Å². The first-order valence-corrected chi connectivity index (χ1v) is 7.94. The van der Waals surface area contributed by atoms with E-state index in [-0.39, 0.29) is 11.0 Å². The molecule has 1 N–H and O–H groups in total. The zero-order valence-corrected chi connectivity index (χ0v) is 12.6. The summed E-state index contributed by atoms with van der Waals surface area (Å²) >= 11 is 0. The summed E-state index contributed by atoms with van der Waals surface area (Å²) in [6.45, 7) is 6.90. The summed E-state index contributed by atoms with van der Waals surface area (Å²) in [5.41, 5.74) is -0.269. The average molecular weight is 279 g/mol. The van der Waals surface area contributed by atoms with Gasteiger partial charge in [0.1, 0.15) is 5.60 Å². The number of aromatic nitrogens is 2. The van der Waals surface area contributed by atoms with Crippen molar-refractivity contribution in [2.75, 3.05) is 19.7 Å². The molecular weight excluding hydrogens is 254 g/mol. The van der Waals surface area contributed by atoms with Gasteiger partial charge in [0.25, 0.3) is 0 Å². The Morgan fingerprint density at radius 2 is 2.05 bits per heavy atom. The van der Waals surface area contributed by atoms with Crippen molar-refractivity contribution in [2.24, 2.45) is 0 Å². The fourth-order valence-electron chi connectivity index (χ4n) is 3.66. The molecule has 1 aliphatic heterocycles. The monoisotopic (exact) mass is 279 g/mol. The molecule has 1 aromatic heterocycles. The van der Waals surface area contributed by atoms with Crippen molar-refractivity contribution in [3.63, 3.8) is 0 Å². The Balaban J connectivity index is 1.89. The van der Waals surface area contributed by atoms with E-state index >= 15 is 0 Å². The molecular formula is C15H25N3O2. The third-order valence-corrected chi connectivity index (χ3v) is 5.04. The van der Waals surface area contributed by atoms with Gasteiger partial charge in [-0.2, -0.15) is 4.98 Å². The van der Waals surface area contributed by atoms with E-state index in [0.717, 1.165) is 50.5 Å². The number of ether oxygens (including phenoxy) is 1. The van der Waals surface area contributed by atoms with Crippen LogP contribution in [0.2, 0.25) is 0 Å². The first kappa shape index (κ1) is 14.0. The minimum absolute atomic E-state index is 0.0251. The molecule has 1 atom stereocenters. The molecule has 0 aromatic carbocycles. The Labute approximate surface area is 120 Å². The predicted octanol–water partition coefficient (Wildman–Crippen LogP) is 2.52. The van der Waals surface area contributed by atoms with Crippen LogP contribution < -0.4 is 5.32 Å². The Bertz CT molecular complexity index is 446. The minimum Gasteiger partial charge on any atom is -0.367 e. The summed E-state index contributed by atoms with van der Waals surface area (Å²) in [7, 11) is 0. The van der Waals surface area contributed by atoms with Crippen LogP contribution in [0.15, 0.2) is 4.52 Å². The highest BCUT2D eigenvalue weighted by Crippen LogP contribution is 2.42. The van der Waals surface area contributed by atoms with Gasteiger partial charge in [-0.3, -0.25) is 0 Å². The van der Waals surface area contributed by atoms with Gasteiger partial charge >= 0.3 is 0 Å². The van der Waals surface area contributed by atoms with Crippen molar-refractivity contribution in [1.29, 1.82) is 0 Å². The van der Waals surface area contributed by atoms with Crippen molar-refractivity contribution in [1.82, 2.24) is 15.5 Å². The van der Waals surface area contributed by atoms with Gasteiger partial charge in [0, 0.05) is 13.2 Å². The molecule has 1 saturated carbocycles. The van der Waals surface area contributed by atoms with Crippen LogP contribution in [-0.4, -0.2) is 29.8 Å². The maximum absolute atomic E-state index is 6.02. The molecule has 20 heavy (non-hydrogen) atoms. The molecule has 3 rings (SSSR count). The molecule has 1 aromatic rings. The molecule has 1 aliphatic carbocycles. The summed E-state index contributed by atoms with van der Waals surface area (Å²) in [5, 5.41) is 7.70. The van der Waals surface area contributed by atoms with Gasteiger partial charge in [-0.15, -0.1) is 0 Å². The van der Waals surface area contributed by atoms with E-state index in [9.17, 15) is 0 Å². The molecule has 2 aliphatic rings. The molecule has 2 fully saturated rings. The van der Waals surface area contributed by atoms with Crippen LogP contribution in [0.4, 0.5) is 0 Å². The quantitative estimate of drug-likeness (QED) is 0.897. The maximum Gasteiger partial charge on any atom is 0.234 e. The van der Waals surface area contributed by atoms with Crippen LogP contribution in [0, 0.1) is 0 Å². The van der Waals surface area contributed by atoms with E-state index in [2.05, 4.69) is 17.4 Å². The number of nitrogens with one attached hydrogen (secondary N) is 1. The third-order valence-electron chi connectivity index (χ3n) is 5.04. The highest BCUT2D eigenvalue weighted by atomic mass is 16.5. The third kappa shape index (κ3) is 2.17. The number of hydrogen-bond donors (Lipinski definition) is 1. The number of nitrogens with zero attached hydrogens (tertiary/aromatic N) is 2. The van der Waals surface area contributed by atoms with Crippen molar-refractivity contribution >= 4 is 0 Å². The lowest BCUT2D eigenvalue weighted by atomic mass is 9.84. The summed E-state index contributed by atoms with van der Waals surface area (Å²) in [6, 6.07) is 0. The fraction of sp³-hybridized carbons (Fsp3) is 0.867. The second-order valence-corrected chi connectivity index (χ2v) is 6.12. The van der Waals surface area contributed by atoms with Crippen LogP contribution in [0.1, 0.15) is 64.1 Å². The fourth-order valence-corrected chi connectivity index (χ4v) is 3.66. The Morgan fingerprint density at radius 3 is 2.65 bits per heavy atom. The van der Waals surface area contributed by atoms with E-state index in [1.54, 1.807) is 0 Å². The second-order valence-electron chi connectivity index (χ2n) is 6.12. The average Bonchev–Trinajstić information content (AvgIpc) is 3.20. The molecule has 0 radical (unpaired) electrons. The molecule has 0 spiro atoms. The summed E-state index contributed by atoms with van der Waals surface area (Å²) in [5.74, 6) is 1.57. The smallest absolute Gasteiger partial charge is 0.234 e. The van der Waals surface area contributed by atoms with Gasteiger partial charge in [-0.25, -0.2) is 0 Å². The van der Waals surface area contributed by atoms with E-state index in [1.165, 1.54) is 12.8 Å². The van der Waals surface area contributed by atoms with Crippen molar-refractivity contribution in [3.8, 4) is 0 Å². The molecule has 1 saturated heterocycles. The number of rotatable bonds is 5. The summed E-state index contributed by atoms with van der Waals surface area (Å²) in [6.07, 6.45) is 6.50. The van der Waals surface area contributed by atoms with Crippen LogP contribution in [-0.2, 0) is 15.8 Å². The highest BCUT2D eigenvalue weighted by molar-refractivity contribution is 5.13. The zero-order valence-electron chi connectivity index (χ0n) is 12.6. The molecule has 0 bridgehead atoms. The van der Waals surface area contributed by atoms with Crippen LogP contribution in [0.25, 0.3) is 0 Å². The Morgan fingerprint density at radius 1 is 1.25 bits per heavy atom. The molecule has 112 valence electrons. The highest BCUT2D eigenvalue weighted by Gasteiger charge is 2.44. The topological polar surface area (TPSA) is 60.2 Å². The van der Waals surface area contributed by atoms with Crippen molar-refractivity contribution in [3.05, 3.63) is 11.7 Å². The lowest BCUT2D eigenvalue weighted by Gasteiger charge is -2.25. The van der Waals surface area contributed by atoms with Gasteiger partial charge in [0.05, 0.1) is 5.41 Å². The second kappa shape index (κ2) is 5.45. The van der Waals surface area contributed by atoms with Crippen LogP contribution in [0.3, 0.4) is 0 Å². The maximum atomic E-state index is 6.02. The van der Waals surface area contributed by atoms with E-state index in [4.69, 9.17) is 14.2 Å². The van der Waals surface area contributed by atoms with Gasteiger partial charge < -0.3 is 14.6 Å². The lowest BCUT2D eigenvalue weighted by Crippen LogP contribution is -2.30. The normalized spacial score (nSPS) is 29.1. The van der Waals surface area contributed by atoms with E-state index < -0.39 is 0 Å². The van der Waals surface area contributed by atoms with Crippen molar-refractivity contribution < 1.29 is 9.26 Å². The Hall–Kier alpha value is -0.940. The zero-order chi connectivity index (χ0) is 14.1. The molecule has 5 nitrogen and oxygen atoms in total. The molecule has 0 amide bonds. The summed E-state index contributed by atoms with van der Waals surface area (Å²) in [4.78, 5) is 4.77. The lowest BCUT2D eigenvalue weighted by molar-refractivity contribution is -0.0469. The van der Waals surface area contributed by atoms with Crippen LogP contribution in [0.5, 0.6) is 0 Å². The predicted molar refractivity (Wildman–Crippen MR) is 75.5 cm³/mol. The van der Waals surface area contributed by atoms with Crippen molar-refractivity contribution in [2.45, 2.75) is 63.4 Å². The van der Waals surface area contributed by atoms with E-state index in [0.29, 0.717) is 6.61 Å². The SMILES string of the molecule is CCOC1(c2noc(C3(CC)CCNC3)n2)CCCC1. The first-order valence-electron chi connectivity index (χ1n) is 7.94. The largest absolute Gasteiger partial charge is 0.367 e. The van der Waals surface area contributed by atoms with Gasteiger partial charge in [-0.1, -0.05) is 12.1 Å². The molecule has 1 unspecified atom stereocenters. The summed E-state index contributed by atoms with van der Waals surface area (Å²) < 4.78 is 11.7. The van der Waals surface area contributed by atoms with Crippen LogP contribution >= 0.6 is 0 Å². The standard InChI is InChI=1S/C15H25N3O2/c1-3-14(9-10-16-11-14)13-17-12(18-20-13)15(19-4-2)7-5-6-8-15/h16H,3-11H2,1-2H3. The first-order chi connectivity index (χ1) is 9.75. The Kier molecular flexibility index (Phi) is 3.82. The molecule has 5 heteroatoms. The minimum atomic E-state index is -0.294. The molecule has 2 heterocycles. The number of hydrogen-bond acceptors (Lipinski definition) is 5. The van der Waals surface area contributed by atoms with Gasteiger partial charge in [-0.05, 0) is 52.0 Å². The van der Waals surface area contributed by atoms with Gasteiger partial charge in [0.15, 0.2) is 0 Å².